The standard InChI is InChI=1S/C10H15N7O2.2C2H6/c1-10(2,3)19-9(18)14-12-6-4-5-17-8(7(6)11)13-15-16-17;2*1-2/h4-5,12H,11H2,1-3H3,(H,14,18);2*1-2H3. The van der Waals surface area contributed by atoms with Gasteiger partial charge >= 0.3 is 6.09 Å². The zero-order valence-electron chi connectivity index (χ0n) is 14.8. The largest absolute Gasteiger partial charge is 0.443 e. The fraction of sp³-hybridized carbons (Fsp3) is 0.571. The van der Waals surface area contributed by atoms with Crippen molar-refractivity contribution in [1.82, 2.24) is 25.5 Å². The quantitative estimate of drug-likeness (QED) is 0.726. The molecule has 0 spiro atoms. The zero-order chi connectivity index (χ0) is 18.0. The van der Waals surface area contributed by atoms with Crippen molar-refractivity contribution in [1.29, 1.82) is 0 Å². The number of rotatable bonds is 2. The lowest BCUT2D eigenvalue weighted by Gasteiger charge is -2.20. The van der Waals surface area contributed by atoms with E-state index in [2.05, 4.69) is 26.4 Å². The van der Waals surface area contributed by atoms with Gasteiger partial charge in [0.2, 0.25) is 5.65 Å². The van der Waals surface area contributed by atoms with Crippen LogP contribution in [0.1, 0.15) is 48.5 Å². The fourth-order valence-electron chi connectivity index (χ4n) is 1.36. The lowest BCUT2D eigenvalue weighted by molar-refractivity contribution is 0.0541. The molecule has 0 unspecified atom stereocenters. The highest BCUT2D eigenvalue weighted by atomic mass is 16.6. The molecule has 9 nitrogen and oxygen atoms in total. The van der Waals surface area contributed by atoms with Crippen molar-refractivity contribution in [2.75, 3.05) is 11.2 Å². The van der Waals surface area contributed by atoms with Crippen LogP contribution in [0.5, 0.6) is 0 Å². The van der Waals surface area contributed by atoms with E-state index >= 15 is 0 Å². The molecule has 0 aromatic carbocycles. The molecule has 0 bridgehead atoms. The molecule has 0 atom stereocenters. The molecule has 0 fully saturated rings. The summed E-state index contributed by atoms with van der Waals surface area (Å²) in [6.07, 6.45) is 1.01. The number of nitrogens with two attached hydrogens (primary N) is 1. The fourth-order valence-corrected chi connectivity index (χ4v) is 1.36. The number of tetrazole rings is 1. The molecule has 0 aliphatic rings. The number of nitrogen functional groups attached to an aromatic ring is 1. The summed E-state index contributed by atoms with van der Waals surface area (Å²) < 4.78 is 6.50. The predicted octanol–water partition coefficient (Wildman–Crippen LogP) is 2.61. The van der Waals surface area contributed by atoms with Gasteiger partial charge in [-0.2, -0.15) is 4.52 Å². The number of ether oxygens (including phenoxy) is 1. The van der Waals surface area contributed by atoms with Crippen LogP contribution in [0.2, 0.25) is 0 Å². The van der Waals surface area contributed by atoms with Crippen molar-refractivity contribution in [2.24, 2.45) is 0 Å². The molecule has 2 aromatic rings. The van der Waals surface area contributed by atoms with Crippen LogP contribution in [-0.4, -0.2) is 31.7 Å². The van der Waals surface area contributed by atoms with Crippen molar-refractivity contribution < 1.29 is 9.53 Å². The molecule has 1 amide bonds. The van der Waals surface area contributed by atoms with Crippen molar-refractivity contribution >= 4 is 23.1 Å². The number of pyridine rings is 1. The summed E-state index contributed by atoms with van der Waals surface area (Å²) in [4.78, 5) is 11.5. The highest BCUT2D eigenvalue weighted by Crippen LogP contribution is 2.20. The number of carbonyl (C=O) groups excluding carboxylic acids is 1. The van der Waals surface area contributed by atoms with Gasteiger partial charge in [0.25, 0.3) is 0 Å². The summed E-state index contributed by atoms with van der Waals surface area (Å²) in [6.45, 7) is 13.3. The van der Waals surface area contributed by atoms with Gasteiger partial charge in [0.1, 0.15) is 11.3 Å². The summed E-state index contributed by atoms with van der Waals surface area (Å²) in [7, 11) is 0. The van der Waals surface area contributed by atoms with Crippen molar-refractivity contribution in [3.05, 3.63) is 12.3 Å². The number of anilines is 2. The minimum atomic E-state index is -0.605. The first-order chi connectivity index (χ1) is 10.9. The van der Waals surface area contributed by atoms with E-state index in [0.29, 0.717) is 17.0 Å². The molecule has 2 aromatic heterocycles. The molecular weight excluding hydrogens is 298 g/mol. The molecule has 0 saturated carbocycles. The SMILES string of the molecule is CC.CC.CC(C)(C)OC(=O)NNc1ccn2nnnc2c1N. The molecule has 23 heavy (non-hydrogen) atoms. The molecular formula is C14H27N7O2. The van der Waals surface area contributed by atoms with Crippen LogP contribution in [0, 0.1) is 0 Å². The molecule has 0 saturated heterocycles. The second-order valence-corrected chi connectivity index (χ2v) is 4.84. The van der Waals surface area contributed by atoms with E-state index in [1.165, 1.54) is 4.52 Å². The maximum Gasteiger partial charge on any atom is 0.426 e. The number of carbonyl (C=O) groups is 1. The smallest absolute Gasteiger partial charge is 0.426 e. The van der Waals surface area contributed by atoms with Crippen LogP contribution in [-0.2, 0) is 4.74 Å². The summed E-state index contributed by atoms with van der Waals surface area (Å²) >= 11 is 0. The lowest BCUT2D eigenvalue weighted by atomic mass is 10.2. The monoisotopic (exact) mass is 325 g/mol. The van der Waals surface area contributed by atoms with Gasteiger partial charge in [-0.25, -0.2) is 10.2 Å². The molecule has 0 aliphatic carbocycles. The van der Waals surface area contributed by atoms with E-state index in [1.807, 2.05) is 27.7 Å². The Morgan fingerprint density at radius 2 is 1.87 bits per heavy atom. The van der Waals surface area contributed by atoms with Gasteiger partial charge in [-0.15, -0.1) is 5.10 Å². The zero-order valence-corrected chi connectivity index (χ0v) is 14.8. The Kier molecular flexibility index (Phi) is 8.38. The number of hydrogen-bond acceptors (Lipinski definition) is 7. The third-order valence-electron chi connectivity index (χ3n) is 2.10. The van der Waals surface area contributed by atoms with Crippen LogP contribution < -0.4 is 16.6 Å². The number of nitrogens with one attached hydrogen (secondary N) is 2. The van der Waals surface area contributed by atoms with Gasteiger partial charge in [0, 0.05) is 6.20 Å². The van der Waals surface area contributed by atoms with Crippen molar-refractivity contribution in [2.45, 2.75) is 54.1 Å². The summed E-state index contributed by atoms with van der Waals surface area (Å²) in [5.41, 5.74) is 11.5. The number of hydrogen-bond donors (Lipinski definition) is 3. The maximum atomic E-state index is 11.5. The number of fused-ring (bicyclic) bond motifs is 1. The molecule has 0 radical (unpaired) electrons. The normalized spacial score (nSPS) is 9.87. The third-order valence-corrected chi connectivity index (χ3v) is 2.10. The van der Waals surface area contributed by atoms with Crippen LogP contribution in [0.3, 0.4) is 0 Å². The number of aromatic nitrogens is 4. The van der Waals surface area contributed by atoms with Gasteiger partial charge < -0.3 is 10.5 Å². The Morgan fingerprint density at radius 3 is 2.43 bits per heavy atom. The predicted molar refractivity (Wildman–Crippen MR) is 90.9 cm³/mol. The second-order valence-electron chi connectivity index (χ2n) is 4.84. The first-order valence-corrected chi connectivity index (χ1v) is 7.58. The Balaban J connectivity index is 0.00000112. The van der Waals surface area contributed by atoms with E-state index in [4.69, 9.17) is 10.5 Å². The van der Waals surface area contributed by atoms with E-state index in [1.54, 1.807) is 33.0 Å². The summed E-state index contributed by atoms with van der Waals surface area (Å²) in [5.74, 6) is 0. The van der Waals surface area contributed by atoms with Crippen LogP contribution in [0.25, 0.3) is 5.65 Å². The Hall–Kier alpha value is -2.58. The Morgan fingerprint density at radius 1 is 1.26 bits per heavy atom. The number of amides is 1. The Bertz CT molecular complexity index is 605. The summed E-state index contributed by atoms with van der Waals surface area (Å²) in [5, 5.41) is 10.9. The van der Waals surface area contributed by atoms with Gasteiger partial charge in [-0.1, -0.05) is 27.7 Å². The lowest BCUT2D eigenvalue weighted by Crippen LogP contribution is -2.36. The third kappa shape index (κ3) is 6.37. The minimum absolute atomic E-state index is 0.323. The average molecular weight is 325 g/mol. The topological polar surface area (TPSA) is 119 Å². The van der Waals surface area contributed by atoms with Gasteiger partial charge in [0.15, 0.2) is 0 Å². The molecule has 130 valence electrons. The molecule has 2 rings (SSSR count). The number of hydrazine groups is 1. The minimum Gasteiger partial charge on any atom is -0.443 e. The first-order valence-electron chi connectivity index (χ1n) is 7.58. The van der Waals surface area contributed by atoms with Gasteiger partial charge in [-0.3, -0.25) is 5.43 Å². The molecule has 9 heteroatoms. The Labute approximate surface area is 136 Å². The molecule has 0 aliphatic heterocycles. The van der Waals surface area contributed by atoms with Gasteiger partial charge in [0.05, 0.1) is 5.69 Å². The van der Waals surface area contributed by atoms with Crippen LogP contribution in [0.15, 0.2) is 12.3 Å². The van der Waals surface area contributed by atoms with Crippen LogP contribution >= 0.6 is 0 Å². The maximum absolute atomic E-state index is 11.5. The van der Waals surface area contributed by atoms with Gasteiger partial charge in [-0.05, 0) is 37.3 Å². The number of nitrogens with zero attached hydrogens (tertiary/aromatic N) is 4. The van der Waals surface area contributed by atoms with E-state index < -0.39 is 11.7 Å². The van der Waals surface area contributed by atoms with E-state index in [0.717, 1.165) is 0 Å². The summed E-state index contributed by atoms with van der Waals surface area (Å²) in [6, 6.07) is 1.63. The van der Waals surface area contributed by atoms with Crippen LogP contribution in [0.4, 0.5) is 16.2 Å². The van der Waals surface area contributed by atoms with E-state index in [9.17, 15) is 4.79 Å². The molecule has 2 heterocycles. The van der Waals surface area contributed by atoms with Crippen molar-refractivity contribution in [3.8, 4) is 0 Å². The average Bonchev–Trinajstić information content (AvgIpc) is 2.98. The first kappa shape index (κ1) is 20.4. The molecule has 4 N–H and O–H groups in total. The van der Waals surface area contributed by atoms with E-state index in [-0.39, 0.29) is 0 Å². The highest BCUT2D eigenvalue weighted by Gasteiger charge is 2.16. The highest BCUT2D eigenvalue weighted by molar-refractivity contribution is 5.80. The second kappa shape index (κ2) is 9.44. The van der Waals surface area contributed by atoms with Crippen molar-refractivity contribution in [3.63, 3.8) is 0 Å².